The van der Waals surface area contributed by atoms with Crippen LogP contribution in [0.4, 0.5) is 0 Å². The summed E-state index contributed by atoms with van der Waals surface area (Å²) >= 11 is 0. The third kappa shape index (κ3) is 5.30. The average molecular weight is 183 g/mol. The van der Waals surface area contributed by atoms with Gasteiger partial charge in [0.2, 0.25) is 0 Å². The number of hydrogen-bond donors (Lipinski definition) is 1. The molecule has 0 saturated heterocycles. The summed E-state index contributed by atoms with van der Waals surface area (Å²) in [4.78, 5) is 0. The molecule has 0 spiro atoms. The van der Waals surface area contributed by atoms with Crippen LogP contribution in [-0.4, -0.2) is 13.1 Å². The van der Waals surface area contributed by atoms with Crippen LogP contribution in [0.2, 0.25) is 0 Å². The van der Waals surface area contributed by atoms with E-state index in [1.54, 1.807) is 0 Å². The molecular formula is C12H25N. The predicted molar refractivity (Wildman–Crippen MR) is 58.8 cm³/mol. The van der Waals surface area contributed by atoms with E-state index in [2.05, 4.69) is 26.1 Å². The van der Waals surface area contributed by atoms with E-state index in [1.165, 1.54) is 38.8 Å². The van der Waals surface area contributed by atoms with Gasteiger partial charge in [0.15, 0.2) is 0 Å². The highest BCUT2D eigenvalue weighted by atomic mass is 14.9. The van der Waals surface area contributed by atoms with E-state index in [0.29, 0.717) is 0 Å². The summed E-state index contributed by atoms with van der Waals surface area (Å²) in [7, 11) is 0. The minimum absolute atomic E-state index is 0.864. The molecule has 0 aromatic rings. The highest BCUT2D eigenvalue weighted by molar-refractivity contribution is 4.79. The van der Waals surface area contributed by atoms with Crippen molar-refractivity contribution in [2.75, 3.05) is 13.1 Å². The summed E-state index contributed by atoms with van der Waals surface area (Å²) < 4.78 is 0. The van der Waals surface area contributed by atoms with Gasteiger partial charge in [-0.2, -0.15) is 0 Å². The summed E-state index contributed by atoms with van der Waals surface area (Å²) in [5, 5.41) is 3.56. The first-order valence-electron chi connectivity index (χ1n) is 5.91. The third-order valence-electron chi connectivity index (χ3n) is 3.03. The van der Waals surface area contributed by atoms with Crippen molar-refractivity contribution in [3.63, 3.8) is 0 Å². The van der Waals surface area contributed by atoms with Gasteiger partial charge >= 0.3 is 0 Å². The molecule has 0 aliphatic heterocycles. The molecule has 1 aliphatic carbocycles. The quantitative estimate of drug-likeness (QED) is 0.598. The second-order valence-electron chi connectivity index (χ2n) is 5.05. The first-order chi connectivity index (χ1) is 6.20. The Morgan fingerprint density at radius 3 is 2.46 bits per heavy atom. The highest BCUT2D eigenvalue weighted by Gasteiger charge is 2.27. The van der Waals surface area contributed by atoms with Gasteiger partial charge in [-0.3, -0.25) is 0 Å². The van der Waals surface area contributed by atoms with Gasteiger partial charge in [0.1, 0.15) is 0 Å². The minimum atomic E-state index is 0.864. The summed E-state index contributed by atoms with van der Waals surface area (Å²) in [5.41, 5.74) is 0. The van der Waals surface area contributed by atoms with Crippen LogP contribution in [-0.2, 0) is 0 Å². The van der Waals surface area contributed by atoms with Gasteiger partial charge in [0.05, 0.1) is 0 Å². The Bertz CT molecular complexity index is 127. The largest absolute Gasteiger partial charge is 0.316 e. The standard InChI is InChI=1S/C12H25N/c1-10(2)5-4-8-13-9-11(3)12-6-7-12/h10-13H,4-9H2,1-3H3. The molecule has 0 heterocycles. The molecule has 1 heteroatoms. The van der Waals surface area contributed by atoms with E-state index in [0.717, 1.165) is 17.8 Å². The van der Waals surface area contributed by atoms with Gasteiger partial charge < -0.3 is 5.32 Å². The van der Waals surface area contributed by atoms with Gasteiger partial charge in [0, 0.05) is 0 Å². The van der Waals surface area contributed by atoms with Crippen LogP contribution in [0.5, 0.6) is 0 Å². The molecule has 1 N–H and O–H groups in total. The number of rotatable bonds is 7. The van der Waals surface area contributed by atoms with E-state index in [-0.39, 0.29) is 0 Å². The summed E-state index contributed by atoms with van der Waals surface area (Å²) in [6, 6.07) is 0. The van der Waals surface area contributed by atoms with Crippen LogP contribution in [0.1, 0.15) is 46.5 Å². The lowest BCUT2D eigenvalue weighted by Gasteiger charge is -2.11. The zero-order valence-electron chi connectivity index (χ0n) is 9.47. The zero-order chi connectivity index (χ0) is 9.68. The molecule has 78 valence electrons. The van der Waals surface area contributed by atoms with Gasteiger partial charge in [-0.25, -0.2) is 0 Å². The zero-order valence-corrected chi connectivity index (χ0v) is 9.47. The fourth-order valence-electron chi connectivity index (χ4n) is 1.80. The first-order valence-corrected chi connectivity index (χ1v) is 5.91. The lowest BCUT2D eigenvalue weighted by molar-refractivity contribution is 0.446. The smallest absolute Gasteiger partial charge is 0.00205 e. The maximum absolute atomic E-state index is 3.56. The summed E-state index contributed by atoms with van der Waals surface area (Å²) in [6.45, 7) is 9.44. The Balaban J connectivity index is 1.83. The molecule has 1 fully saturated rings. The average Bonchev–Trinajstić information content (AvgIpc) is 2.85. The Morgan fingerprint density at radius 1 is 1.23 bits per heavy atom. The molecule has 0 aromatic carbocycles. The lowest BCUT2D eigenvalue weighted by atomic mass is 10.1. The van der Waals surface area contributed by atoms with E-state index in [1.807, 2.05) is 0 Å². The van der Waals surface area contributed by atoms with Crippen LogP contribution < -0.4 is 5.32 Å². The highest BCUT2D eigenvalue weighted by Crippen LogP contribution is 2.35. The molecule has 0 bridgehead atoms. The molecule has 0 aromatic heterocycles. The molecular weight excluding hydrogens is 158 g/mol. The van der Waals surface area contributed by atoms with Crippen LogP contribution >= 0.6 is 0 Å². The van der Waals surface area contributed by atoms with Crippen molar-refractivity contribution in [2.45, 2.75) is 46.5 Å². The Labute approximate surface area is 83.3 Å². The number of hydrogen-bond acceptors (Lipinski definition) is 1. The summed E-state index contributed by atoms with van der Waals surface area (Å²) in [6.07, 6.45) is 5.67. The van der Waals surface area contributed by atoms with Crippen LogP contribution in [0, 0.1) is 17.8 Å². The molecule has 1 atom stereocenters. The third-order valence-corrected chi connectivity index (χ3v) is 3.03. The summed E-state index contributed by atoms with van der Waals surface area (Å²) in [5.74, 6) is 2.83. The van der Waals surface area contributed by atoms with Gasteiger partial charge in [-0.1, -0.05) is 20.8 Å². The van der Waals surface area contributed by atoms with Crippen molar-refractivity contribution in [3.05, 3.63) is 0 Å². The first kappa shape index (κ1) is 11.0. The Hall–Kier alpha value is -0.0400. The predicted octanol–water partition coefficient (Wildman–Crippen LogP) is 3.06. The normalized spacial score (nSPS) is 19.4. The molecule has 1 unspecified atom stereocenters. The maximum Gasteiger partial charge on any atom is -0.00205 e. The van der Waals surface area contributed by atoms with Crippen LogP contribution in [0.15, 0.2) is 0 Å². The fourth-order valence-corrected chi connectivity index (χ4v) is 1.80. The second-order valence-corrected chi connectivity index (χ2v) is 5.05. The van der Waals surface area contributed by atoms with Crippen LogP contribution in [0.25, 0.3) is 0 Å². The van der Waals surface area contributed by atoms with Gasteiger partial charge in [-0.05, 0) is 56.5 Å². The van der Waals surface area contributed by atoms with Crippen molar-refractivity contribution >= 4 is 0 Å². The van der Waals surface area contributed by atoms with Crippen molar-refractivity contribution < 1.29 is 0 Å². The molecule has 13 heavy (non-hydrogen) atoms. The van der Waals surface area contributed by atoms with E-state index in [9.17, 15) is 0 Å². The van der Waals surface area contributed by atoms with E-state index in [4.69, 9.17) is 0 Å². The fraction of sp³-hybridized carbons (Fsp3) is 1.00. The molecule has 1 saturated carbocycles. The monoisotopic (exact) mass is 183 g/mol. The Morgan fingerprint density at radius 2 is 1.92 bits per heavy atom. The molecule has 0 amide bonds. The second kappa shape index (κ2) is 5.64. The van der Waals surface area contributed by atoms with Crippen molar-refractivity contribution in [1.82, 2.24) is 5.32 Å². The molecule has 1 rings (SSSR count). The minimum Gasteiger partial charge on any atom is -0.316 e. The van der Waals surface area contributed by atoms with E-state index < -0.39 is 0 Å². The molecule has 1 nitrogen and oxygen atoms in total. The maximum atomic E-state index is 3.56. The Kier molecular flexibility index (Phi) is 4.79. The van der Waals surface area contributed by atoms with Gasteiger partial charge in [-0.15, -0.1) is 0 Å². The SMILES string of the molecule is CC(C)CCCNCC(C)C1CC1. The topological polar surface area (TPSA) is 12.0 Å². The van der Waals surface area contributed by atoms with Crippen LogP contribution in [0.3, 0.4) is 0 Å². The number of nitrogens with one attached hydrogen (secondary N) is 1. The van der Waals surface area contributed by atoms with E-state index >= 15 is 0 Å². The molecule has 0 radical (unpaired) electrons. The van der Waals surface area contributed by atoms with Crippen molar-refractivity contribution in [1.29, 1.82) is 0 Å². The van der Waals surface area contributed by atoms with Gasteiger partial charge in [0.25, 0.3) is 0 Å². The van der Waals surface area contributed by atoms with Crippen molar-refractivity contribution in [2.24, 2.45) is 17.8 Å². The lowest BCUT2D eigenvalue weighted by Crippen LogP contribution is -2.23. The molecule has 1 aliphatic rings. The van der Waals surface area contributed by atoms with Crippen molar-refractivity contribution in [3.8, 4) is 0 Å².